The smallest absolute Gasteiger partial charge is 0.330 e. The van der Waals surface area contributed by atoms with E-state index in [1.807, 2.05) is 12.2 Å². The Kier molecular flexibility index (Phi) is 2.32. The number of rotatable bonds is 1. The average molecular weight is 208 g/mol. The lowest BCUT2D eigenvalue weighted by Crippen LogP contribution is -2.39. The first-order chi connectivity index (χ1) is 7.11. The highest BCUT2D eigenvalue weighted by Gasteiger charge is 2.18. The van der Waals surface area contributed by atoms with Gasteiger partial charge in [-0.3, -0.25) is 9.36 Å². The van der Waals surface area contributed by atoms with Crippen LogP contribution in [-0.4, -0.2) is 15.7 Å². The van der Waals surface area contributed by atoms with Gasteiger partial charge in [0.05, 0.1) is 12.2 Å². The molecule has 0 fully saturated rings. The highest BCUT2D eigenvalue weighted by atomic mass is 16.5. The van der Waals surface area contributed by atoms with Gasteiger partial charge in [0.2, 0.25) is 0 Å². The molecular weight excluding hydrogens is 196 g/mol. The largest absolute Gasteiger partial charge is 0.365 e. The second kappa shape index (κ2) is 3.51. The third-order valence-electron chi connectivity index (χ3n) is 2.46. The van der Waals surface area contributed by atoms with E-state index in [-0.39, 0.29) is 17.4 Å². The van der Waals surface area contributed by atoms with E-state index in [1.165, 1.54) is 17.8 Å². The number of hydrogen-bond donors (Lipinski definition) is 0. The van der Waals surface area contributed by atoms with Gasteiger partial charge in [-0.15, -0.1) is 0 Å². The summed E-state index contributed by atoms with van der Waals surface area (Å²) in [6.45, 7) is 0.511. The molecule has 1 aliphatic rings. The molecule has 2 heterocycles. The lowest BCUT2D eigenvalue weighted by Gasteiger charge is -2.10. The van der Waals surface area contributed by atoms with Crippen molar-refractivity contribution in [2.75, 3.05) is 6.61 Å². The Morgan fingerprint density at radius 1 is 1.40 bits per heavy atom. The quantitative estimate of drug-likeness (QED) is 0.596. The number of aryl methyl sites for hydroxylation is 1. The zero-order valence-electron chi connectivity index (χ0n) is 8.64. The van der Waals surface area contributed by atoms with Crippen molar-refractivity contribution in [3.8, 4) is 0 Å². The van der Waals surface area contributed by atoms with Crippen molar-refractivity contribution in [2.45, 2.75) is 6.10 Å². The zero-order chi connectivity index (χ0) is 11.0. The van der Waals surface area contributed by atoms with Crippen molar-refractivity contribution >= 4 is 0 Å². The molecular formula is C10H12N2O3. The van der Waals surface area contributed by atoms with Crippen LogP contribution in [0, 0.1) is 0 Å². The molecule has 80 valence electrons. The van der Waals surface area contributed by atoms with Crippen LogP contribution >= 0.6 is 0 Å². The van der Waals surface area contributed by atoms with E-state index in [4.69, 9.17) is 4.74 Å². The molecule has 0 radical (unpaired) electrons. The molecule has 0 spiro atoms. The van der Waals surface area contributed by atoms with Crippen LogP contribution in [0.2, 0.25) is 0 Å². The molecule has 15 heavy (non-hydrogen) atoms. The van der Waals surface area contributed by atoms with E-state index in [1.54, 1.807) is 7.05 Å². The van der Waals surface area contributed by atoms with Gasteiger partial charge in [0, 0.05) is 20.3 Å². The molecule has 2 rings (SSSR count). The van der Waals surface area contributed by atoms with Crippen molar-refractivity contribution in [1.82, 2.24) is 9.13 Å². The molecule has 1 aliphatic heterocycles. The molecule has 0 bridgehead atoms. The topological polar surface area (TPSA) is 53.2 Å². The zero-order valence-corrected chi connectivity index (χ0v) is 8.64. The summed E-state index contributed by atoms with van der Waals surface area (Å²) in [6, 6.07) is 0. The number of nitrogens with zero attached hydrogens (tertiary/aromatic N) is 2. The average Bonchev–Trinajstić information content (AvgIpc) is 2.73. The molecule has 0 N–H and O–H groups in total. The molecule has 0 unspecified atom stereocenters. The molecule has 0 amide bonds. The van der Waals surface area contributed by atoms with Crippen LogP contribution < -0.4 is 11.2 Å². The summed E-state index contributed by atoms with van der Waals surface area (Å²) in [4.78, 5) is 23.2. The van der Waals surface area contributed by atoms with Crippen LogP contribution in [0.5, 0.6) is 0 Å². The SMILES string of the molecule is Cn1cc([C@H]2C=CCO2)c(=O)n(C)c1=O. The fourth-order valence-corrected chi connectivity index (χ4v) is 1.62. The number of hydrogen-bond acceptors (Lipinski definition) is 3. The van der Waals surface area contributed by atoms with Gasteiger partial charge in [0.25, 0.3) is 5.56 Å². The minimum absolute atomic E-state index is 0.297. The Hall–Kier alpha value is -1.62. The summed E-state index contributed by atoms with van der Waals surface area (Å²) in [5.41, 5.74) is -0.131. The van der Waals surface area contributed by atoms with Crippen molar-refractivity contribution in [3.05, 3.63) is 44.8 Å². The molecule has 0 saturated carbocycles. The highest BCUT2D eigenvalue weighted by Crippen LogP contribution is 2.18. The lowest BCUT2D eigenvalue weighted by molar-refractivity contribution is 0.127. The summed E-state index contributed by atoms with van der Waals surface area (Å²) in [5, 5.41) is 0. The van der Waals surface area contributed by atoms with Gasteiger partial charge in [-0.1, -0.05) is 12.2 Å². The van der Waals surface area contributed by atoms with Crippen LogP contribution in [0.15, 0.2) is 27.9 Å². The Morgan fingerprint density at radius 3 is 2.73 bits per heavy atom. The fraction of sp³-hybridized carbons (Fsp3) is 0.400. The van der Waals surface area contributed by atoms with Crippen molar-refractivity contribution in [1.29, 1.82) is 0 Å². The second-order valence-corrected chi connectivity index (χ2v) is 3.52. The first kappa shape index (κ1) is 9.92. The monoisotopic (exact) mass is 208 g/mol. The molecule has 0 aliphatic carbocycles. The summed E-state index contributed by atoms with van der Waals surface area (Å²) in [7, 11) is 3.08. The van der Waals surface area contributed by atoms with Crippen LogP contribution in [-0.2, 0) is 18.8 Å². The molecule has 1 aromatic heterocycles. The lowest BCUT2D eigenvalue weighted by atomic mass is 10.2. The minimum Gasteiger partial charge on any atom is -0.365 e. The van der Waals surface area contributed by atoms with Crippen LogP contribution in [0.4, 0.5) is 0 Å². The van der Waals surface area contributed by atoms with Gasteiger partial charge < -0.3 is 9.30 Å². The van der Waals surface area contributed by atoms with Crippen molar-refractivity contribution < 1.29 is 4.74 Å². The summed E-state index contributed by atoms with van der Waals surface area (Å²) in [6.07, 6.45) is 4.89. The van der Waals surface area contributed by atoms with E-state index in [0.717, 1.165) is 4.57 Å². The molecule has 5 nitrogen and oxygen atoms in total. The fourth-order valence-electron chi connectivity index (χ4n) is 1.62. The number of ether oxygens (including phenoxy) is 1. The first-order valence-electron chi connectivity index (χ1n) is 4.66. The van der Waals surface area contributed by atoms with Crippen molar-refractivity contribution in [2.24, 2.45) is 14.1 Å². The van der Waals surface area contributed by atoms with Crippen LogP contribution in [0.25, 0.3) is 0 Å². The predicted molar refractivity (Wildman–Crippen MR) is 54.8 cm³/mol. The molecule has 5 heteroatoms. The van der Waals surface area contributed by atoms with E-state index in [2.05, 4.69) is 0 Å². The highest BCUT2D eigenvalue weighted by molar-refractivity contribution is 5.17. The normalized spacial score (nSPS) is 19.7. The van der Waals surface area contributed by atoms with E-state index < -0.39 is 0 Å². The first-order valence-corrected chi connectivity index (χ1v) is 4.66. The van der Waals surface area contributed by atoms with Crippen molar-refractivity contribution in [3.63, 3.8) is 0 Å². The molecule has 1 atom stereocenters. The molecule has 0 saturated heterocycles. The standard InChI is InChI=1S/C10H12N2O3/c1-11-6-7(8-4-3-5-15-8)9(13)12(2)10(11)14/h3-4,6,8H,5H2,1-2H3/t8-/m1/s1. The summed E-state index contributed by atoms with van der Waals surface area (Å²) < 4.78 is 7.80. The second-order valence-electron chi connectivity index (χ2n) is 3.52. The maximum atomic E-state index is 11.8. The Morgan fingerprint density at radius 2 is 2.13 bits per heavy atom. The van der Waals surface area contributed by atoms with Gasteiger partial charge in [0.15, 0.2) is 0 Å². The Labute approximate surface area is 86.2 Å². The Balaban J connectivity index is 2.63. The minimum atomic E-state index is -0.328. The van der Waals surface area contributed by atoms with Crippen LogP contribution in [0.1, 0.15) is 11.7 Å². The molecule has 0 aromatic carbocycles. The van der Waals surface area contributed by atoms with Gasteiger partial charge in [-0.2, -0.15) is 0 Å². The third kappa shape index (κ3) is 1.55. The van der Waals surface area contributed by atoms with E-state index in [0.29, 0.717) is 12.2 Å². The van der Waals surface area contributed by atoms with E-state index in [9.17, 15) is 9.59 Å². The van der Waals surface area contributed by atoms with Gasteiger partial charge >= 0.3 is 5.69 Å². The van der Waals surface area contributed by atoms with E-state index >= 15 is 0 Å². The van der Waals surface area contributed by atoms with Gasteiger partial charge in [-0.05, 0) is 0 Å². The molecule has 1 aromatic rings. The predicted octanol–water partition coefficient (Wildman–Crippen LogP) is -0.289. The van der Waals surface area contributed by atoms with Gasteiger partial charge in [-0.25, -0.2) is 4.79 Å². The summed E-state index contributed by atoms with van der Waals surface area (Å²) >= 11 is 0. The Bertz CT molecular complexity index is 524. The maximum absolute atomic E-state index is 11.8. The van der Waals surface area contributed by atoms with Gasteiger partial charge in [0.1, 0.15) is 6.10 Å². The van der Waals surface area contributed by atoms with Crippen LogP contribution in [0.3, 0.4) is 0 Å². The maximum Gasteiger partial charge on any atom is 0.330 e. The number of aromatic nitrogens is 2. The summed E-state index contributed by atoms with van der Waals surface area (Å²) in [5.74, 6) is 0. The third-order valence-corrected chi connectivity index (χ3v) is 2.46.